The second-order valence-corrected chi connectivity index (χ2v) is 11.0. The molecule has 226 valence electrons. The van der Waals surface area contributed by atoms with Gasteiger partial charge in [-0.1, -0.05) is 47.6 Å². The molecule has 0 radical (unpaired) electrons. The van der Waals surface area contributed by atoms with E-state index in [9.17, 15) is 19.2 Å². The first-order valence-corrected chi connectivity index (χ1v) is 13.5. The Bertz CT molecular complexity index is 1010. The van der Waals surface area contributed by atoms with Gasteiger partial charge >= 0.3 is 24.2 Å². The van der Waals surface area contributed by atoms with E-state index in [1.165, 1.54) is 19.2 Å². The molecule has 0 bridgehead atoms. The molecule has 1 aromatic rings. The minimum absolute atomic E-state index is 0.0225. The second-order valence-electron chi connectivity index (χ2n) is 11.0. The third-order valence-corrected chi connectivity index (χ3v) is 6.33. The van der Waals surface area contributed by atoms with Gasteiger partial charge in [0.15, 0.2) is 11.5 Å². The highest BCUT2D eigenvalue weighted by atomic mass is 16.8. The summed E-state index contributed by atoms with van der Waals surface area (Å²) in [6.07, 6.45) is -2.69. The van der Waals surface area contributed by atoms with Crippen LogP contribution in [0, 0.1) is 17.8 Å². The molecule has 0 aliphatic heterocycles. The molecule has 0 aliphatic carbocycles. The molecule has 11 heteroatoms. The molecule has 0 saturated heterocycles. The Morgan fingerprint density at radius 3 is 1.82 bits per heavy atom. The summed E-state index contributed by atoms with van der Waals surface area (Å²) in [5.74, 6) is -1.13. The fraction of sp³-hybridized carbons (Fsp3) is 0.655. The van der Waals surface area contributed by atoms with Crippen LogP contribution >= 0.6 is 0 Å². The van der Waals surface area contributed by atoms with Crippen molar-refractivity contribution in [3.8, 4) is 11.5 Å². The zero-order valence-electron chi connectivity index (χ0n) is 25.1. The van der Waals surface area contributed by atoms with Crippen LogP contribution in [0.1, 0.15) is 73.8 Å². The number of methoxy groups -OCH3 is 1. The Labute approximate surface area is 236 Å². The van der Waals surface area contributed by atoms with Crippen LogP contribution in [0.15, 0.2) is 18.2 Å². The van der Waals surface area contributed by atoms with Crippen molar-refractivity contribution in [3.05, 3.63) is 23.8 Å². The third kappa shape index (κ3) is 11.8. The van der Waals surface area contributed by atoms with Gasteiger partial charge in [0, 0.05) is 19.3 Å². The lowest BCUT2D eigenvalue weighted by atomic mass is 9.88. The van der Waals surface area contributed by atoms with Crippen LogP contribution in [0.5, 0.6) is 11.5 Å². The molecular formula is C29H45NO10. The van der Waals surface area contributed by atoms with Crippen molar-refractivity contribution in [3.63, 3.8) is 0 Å². The smallest absolute Gasteiger partial charge is 0.468 e. The molecule has 3 atom stereocenters. The van der Waals surface area contributed by atoms with Crippen LogP contribution in [0.3, 0.4) is 0 Å². The van der Waals surface area contributed by atoms with Crippen LogP contribution in [-0.4, -0.2) is 55.7 Å². The van der Waals surface area contributed by atoms with Crippen LogP contribution in [0.2, 0.25) is 0 Å². The quantitative estimate of drug-likeness (QED) is 0.179. The molecule has 0 aliphatic rings. The summed E-state index contributed by atoms with van der Waals surface area (Å²) in [6, 6.07) is 4.36. The minimum atomic E-state index is -1.56. The normalized spacial score (nSPS) is 14.2. The van der Waals surface area contributed by atoms with Gasteiger partial charge in [0.25, 0.3) is 0 Å². The lowest BCUT2D eigenvalue weighted by molar-refractivity contribution is -0.151. The largest absolute Gasteiger partial charge is 0.514 e. The molecule has 1 aromatic carbocycles. The fourth-order valence-corrected chi connectivity index (χ4v) is 3.20. The first kappa shape index (κ1) is 34.7. The summed E-state index contributed by atoms with van der Waals surface area (Å²) in [4.78, 5) is 49.4. The molecule has 11 nitrogen and oxygen atoms in total. The predicted molar refractivity (Wildman–Crippen MR) is 147 cm³/mol. The Kier molecular flexibility index (Phi) is 13.9. The topological polar surface area (TPSA) is 150 Å². The Balaban J connectivity index is 3.22. The lowest BCUT2D eigenvalue weighted by Gasteiger charge is -2.27. The van der Waals surface area contributed by atoms with E-state index in [1.54, 1.807) is 19.9 Å². The number of ether oxygens (including phenoxy) is 6. The standard InChI is InChI=1S/C29H45NO10/c1-17(2)14-25(31)36-13-12-29(30,26(32)35-9)16-22-10-11-23(39-27(33)37-20(7)18(3)4)24(15-22)40-28(34)38-21(8)19(5)6/h10-11,15,17-21H,12-14,16,30H2,1-9H3/t20-,21?,29+/m0/s1. The maximum atomic E-state index is 12.6. The van der Waals surface area contributed by atoms with Gasteiger partial charge in [-0.2, -0.15) is 0 Å². The van der Waals surface area contributed by atoms with Gasteiger partial charge in [-0.25, -0.2) is 9.59 Å². The maximum absolute atomic E-state index is 12.6. The molecule has 40 heavy (non-hydrogen) atoms. The Hall–Kier alpha value is -3.34. The molecule has 0 spiro atoms. The van der Waals surface area contributed by atoms with E-state index in [2.05, 4.69) is 0 Å². The van der Waals surface area contributed by atoms with Crippen LogP contribution in [0.25, 0.3) is 0 Å². The van der Waals surface area contributed by atoms with Crippen molar-refractivity contribution in [1.82, 2.24) is 0 Å². The van der Waals surface area contributed by atoms with Crippen molar-refractivity contribution >= 4 is 24.2 Å². The zero-order chi connectivity index (χ0) is 30.6. The number of nitrogens with two attached hydrogens (primary N) is 1. The van der Waals surface area contributed by atoms with Crippen molar-refractivity contribution in [2.45, 2.75) is 92.4 Å². The molecule has 2 N–H and O–H groups in total. The van der Waals surface area contributed by atoms with Crippen LogP contribution < -0.4 is 15.2 Å². The lowest BCUT2D eigenvalue weighted by Crippen LogP contribution is -2.51. The Morgan fingerprint density at radius 1 is 0.825 bits per heavy atom. The van der Waals surface area contributed by atoms with E-state index < -0.39 is 42.0 Å². The van der Waals surface area contributed by atoms with Crippen molar-refractivity contribution in [2.75, 3.05) is 13.7 Å². The number of esters is 2. The molecule has 0 fully saturated rings. The molecule has 0 aromatic heterocycles. The van der Waals surface area contributed by atoms with Crippen LogP contribution in [0.4, 0.5) is 9.59 Å². The SMILES string of the molecule is COC(=O)[C@@](N)(CCOC(=O)CC(C)C)Cc1ccc(OC(=O)O[C@@H](C)C(C)C)c(OC(=O)OC(C)C(C)C)c1. The highest BCUT2D eigenvalue weighted by Gasteiger charge is 2.36. The van der Waals surface area contributed by atoms with Gasteiger partial charge in [0.2, 0.25) is 0 Å². The summed E-state index contributed by atoms with van der Waals surface area (Å²) in [6.45, 7) is 14.7. The van der Waals surface area contributed by atoms with E-state index in [0.29, 0.717) is 5.56 Å². The fourth-order valence-electron chi connectivity index (χ4n) is 3.20. The van der Waals surface area contributed by atoms with E-state index in [1.807, 2.05) is 41.5 Å². The van der Waals surface area contributed by atoms with E-state index in [0.717, 1.165) is 0 Å². The van der Waals surface area contributed by atoms with Crippen molar-refractivity contribution in [2.24, 2.45) is 23.5 Å². The third-order valence-electron chi connectivity index (χ3n) is 6.33. The summed E-state index contributed by atoms with van der Waals surface area (Å²) in [5, 5.41) is 0. The molecule has 0 saturated carbocycles. The first-order chi connectivity index (χ1) is 18.6. The molecule has 0 heterocycles. The number of hydrogen-bond acceptors (Lipinski definition) is 11. The molecule has 1 rings (SSSR count). The molecule has 1 unspecified atom stereocenters. The number of carbonyl (C=O) groups is 4. The number of benzene rings is 1. The Morgan fingerprint density at radius 2 is 1.35 bits per heavy atom. The summed E-state index contributed by atoms with van der Waals surface area (Å²) >= 11 is 0. The average Bonchev–Trinajstić information content (AvgIpc) is 2.84. The first-order valence-electron chi connectivity index (χ1n) is 13.5. The summed E-state index contributed by atoms with van der Waals surface area (Å²) in [7, 11) is 1.20. The van der Waals surface area contributed by atoms with E-state index >= 15 is 0 Å². The minimum Gasteiger partial charge on any atom is -0.468 e. The van der Waals surface area contributed by atoms with Crippen LogP contribution in [-0.2, 0) is 35.0 Å². The second kappa shape index (κ2) is 16.1. The predicted octanol–water partition coefficient (Wildman–Crippen LogP) is 5.20. The van der Waals surface area contributed by atoms with Crippen molar-refractivity contribution < 1.29 is 47.6 Å². The number of rotatable bonds is 14. The van der Waals surface area contributed by atoms with E-state index in [4.69, 9.17) is 34.2 Å². The average molecular weight is 568 g/mol. The van der Waals surface area contributed by atoms with Gasteiger partial charge in [0.05, 0.1) is 13.7 Å². The van der Waals surface area contributed by atoms with Gasteiger partial charge in [-0.15, -0.1) is 0 Å². The van der Waals surface area contributed by atoms with Gasteiger partial charge in [-0.3, -0.25) is 9.59 Å². The summed E-state index contributed by atoms with van der Waals surface area (Å²) in [5.41, 5.74) is 5.31. The number of carbonyl (C=O) groups excluding carboxylic acids is 4. The highest BCUT2D eigenvalue weighted by Crippen LogP contribution is 2.32. The van der Waals surface area contributed by atoms with E-state index in [-0.39, 0.29) is 55.1 Å². The zero-order valence-corrected chi connectivity index (χ0v) is 25.1. The van der Waals surface area contributed by atoms with Gasteiger partial charge < -0.3 is 34.2 Å². The molecular weight excluding hydrogens is 522 g/mol. The highest BCUT2D eigenvalue weighted by molar-refractivity contribution is 5.81. The maximum Gasteiger partial charge on any atom is 0.514 e. The monoisotopic (exact) mass is 567 g/mol. The van der Waals surface area contributed by atoms with Gasteiger partial charge in [-0.05, 0) is 49.3 Å². The molecule has 0 amide bonds. The summed E-state index contributed by atoms with van der Waals surface area (Å²) < 4.78 is 31.4. The van der Waals surface area contributed by atoms with Crippen molar-refractivity contribution in [1.29, 1.82) is 0 Å². The van der Waals surface area contributed by atoms with Gasteiger partial charge in [0.1, 0.15) is 17.7 Å². The number of hydrogen-bond donors (Lipinski definition) is 1.